The number of hydrogen-bond donors (Lipinski definition) is 2. The molecule has 0 saturated carbocycles. The average Bonchev–Trinajstić information content (AvgIpc) is 2.82. The molecule has 1 aromatic heterocycles. The second-order valence-electron chi connectivity index (χ2n) is 4.43. The van der Waals surface area contributed by atoms with Crippen molar-refractivity contribution in [3.63, 3.8) is 0 Å². The zero-order valence-electron chi connectivity index (χ0n) is 11.4. The summed E-state index contributed by atoms with van der Waals surface area (Å²) in [5.74, 6) is 5.34. The lowest BCUT2D eigenvalue weighted by molar-refractivity contribution is 0.103. The van der Waals surface area contributed by atoms with Crippen molar-refractivity contribution in [2.24, 2.45) is 0 Å². The van der Waals surface area contributed by atoms with E-state index in [2.05, 4.69) is 17.2 Å². The van der Waals surface area contributed by atoms with E-state index in [0.717, 1.165) is 21.6 Å². The van der Waals surface area contributed by atoms with E-state index in [1.165, 1.54) is 11.3 Å². The van der Waals surface area contributed by atoms with Crippen molar-refractivity contribution in [2.45, 2.75) is 13.8 Å². The topological polar surface area (TPSA) is 49.3 Å². The van der Waals surface area contributed by atoms with E-state index in [4.69, 9.17) is 5.11 Å². The van der Waals surface area contributed by atoms with Gasteiger partial charge in [-0.15, -0.1) is 11.3 Å². The Bertz CT molecular complexity index is 692. The van der Waals surface area contributed by atoms with Gasteiger partial charge in [0, 0.05) is 11.3 Å². The normalized spacial score (nSPS) is 9.75. The van der Waals surface area contributed by atoms with Crippen molar-refractivity contribution >= 4 is 22.9 Å². The van der Waals surface area contributed by atoms with Gasteiger partial charge in [0.25, 0.3) is 5.91 Å². The fraction of sp³-hybridized carbons (Fsp3) is 0.188. The average molecular weight is 285 g/mol. The predicted molar refractivity (Wildman–Crippen MR) is 82.2 cm³/mol. The van der Waals surface area contributed by atoms with Crippen LogP contribution in [0.2, 0.25) is 0 Å². The van der Waals surface area contributed by atoms with E-state index < -0.39 is 0 Å². The summed E-state index contributed by atoms with van der Waals surface area (Å²) in [4.78, 5) is 12.9. The Kier molecular flexibility index (Phi) is 4.57. The summed E-state index contributed by atoms with van der Waals surface area (Å²) in [5, 5.41) is 13.5. The summed E-state index contributed by atoms with van der Waals surface area (Å²) in [5.41, 5.74) is 3.47. The highest BCUT2D eigenvalue weighted by Gasteiger charge is 2.10. The quantitative estimate of drug-likeness (QED) is 0.833. The second kappa shape index (κ2) is 6.38. The summed E-state index contributed by atoms with van der Waals surface area (Å²) in [6.45, 7) is 3.68. The van der Waals surface area contributed by atoms with Crippen LogP contribution in [0.3, 0.4) is 0 Å². The number of hydrogen-bond acceptors (Lipinski definition) is 3. The summed E-state index contributed by atoms with van der Waals surface area (Å²) in [7, 11) is 0. The Morgan fingerprint density at radius 2 is 2.15 bits per heavy atom. The van der Waals surface area contributed by atoms with Gasteiger partial charge >= 0.3 is 0 Å². The third-order valence-electron chi connectivity index (χ3n) is 2.72. The van der Waals surface area contributed by atoms with Crippen LogP contribution < -0.4 is 5.32 Å². The highest BCUT2D eigenvalue weighted by molar-refractivity contribution is 7.12. The smallest absolute Gasteiger partial charge is 0.265 e. The first-order valence-corrected chi connectivity index (χ1v) is 7.05. The molecule has 1 heterocycles. The lowest BCUT2D eigenvalue weighted by Gasteiger charge is -2.06. The largest absolute Gasteiger partial charge is 0.384 e. The summed E-state index contributed by atoms with van der Waals surface area (Å²) < 4.78 is 0. The number of carbonyl (C=O) groups is 1. The summed E-state index contributed by atoms with van der Waals surface area (Å²) in [6, 6.07) is 7.53. The molecule has 0 spiro atoms. The predicted octanol–water partition coefficient (Wildman–Crippen LogP) is 2.96. The Morgan fingerprint density at radius 1 is 1.35 bits per heavy atom. The van der Waals surface area contributed by atoms with E-state index in [1.54, 1.807) is 6.07 Å². The van der Waals surface area contributed by atoms with Crippen molar-refractivity contribution in [1.82, 2.24) is 0 Å². The fourth-order valence-electron chi connectivity index (χ4n) is 1.86. The van der Waals surface area contributed by atoms with Gasteiger partial charge in [0.1, 0.15) is 6.61 Å². The highest BCUT2D eigenvalue weighted by Crippen LogP contribution is 2.19. The van der Waals surface area contributed by atoms with Crippen LogP contribution in [0.15, 0.2) is 29.6 Å². The Balaban J connectivity index is 2.23. The number of aliphatic hydroxyl groups is 1. The molecule has 2 rings (SSSR count). The van der Waals surface area contributed by atoms with Crippen LogP contribution >= 0.6 is 11.3 Å². The van der Waals surface area contributed by atoms with Gasteiger partial charge in [-0.3, -0.25) is 4.79 Å². The van der Waals surface area contributed by atoms with Gasteiger partial charge in [-0.1, -0.05) is 11.8 Å². The SMILES string of the molecule is Cc1cc(C#CCO)cc(NC(=O)c2sccc2C)c1. The first-order valence-electron chi connectivity index (χ1n) is 6.17. The molecule has 20 heavy (non-hydrogen) atoms. The fourth-order valence-corrected chi connectivity index (χ4v) is 2.68. The van der Waals surface area contributed by atoms with Gasteiger partial charge in [-0.05, 0) is 54.6 Å². The molecule has 0 aliphatic heterocycles. The minimum absolute atomic E-state index is 0.107. The molecule has 4 heteroatoms. The number of carbonyl (C=O) groups excluding carboxylic acids is 1. The molecule has 0 aliphatic rings. The number of anilines is 1. The molecule has 0 unspecified atom stereocenters. The molecule has 2 aromatic rings. The van der Waals surface area contributed by atoms with Crippen molar-refractivity contribution in [3.05, 3.63) is 51.2 Å². The summed E-state index contributed by atoms with van der Waals surface area (Å²) >= 11 is 1.43. The lowest BCUT2D eigenvalue weighted by atomic mass is 10.1. The van der Waals surface area contributed by atoms with Crippen LogP contribution in [0, 0.1) is 25.7 Å². The molecule has 1 aromatic carbocycles. The third-order valence-corrected chi connectivity index (χ3v) is 3.73. The Hall–Kier alpha value is -2.09. The maximum atomic E-state index is 12.2. The number of thiophene rings is 1. The van der Waals surface area contributed by atoms with Crippen molar-refractivity contribution in [2.75, 3.05) is 11.9 Å². The van der Waals surface area contributed by atoms with E-state index in [1.807, 2.05) is 37.4 Å². The lowest BCUT2D eigenvalue weighted by Crippen LogP contribution is -2.11. The molecule has 0 radical (unpaired) electrons. The molecular weight excluding hydrogens is 270 g/mol. The maximum Gasteiger partial charge on any atom is 0.265 e. The molecule has 1 amide bonds. The van der Waals surface area contributed by atoms with Crippen LogP contribution in [0.1, 0.15) is 26.4 Å². The molecule has 0 atom stereocenters. The third kappa shape index (κ3) is 3.47. The van der Waals surface area contributed by atoms with Crippen LogP contribution in [-0.2, 0) is 0 Å². The van der Waals surface area contributed by atoms with Gasteiger partial charge in [-0.2, -0.15) is 0 Å². The van der Waals surface area contributed by atoms with Crippen LogP contribution in [0.5, 0.6) is 0 Å². The molecule has 102 valence electrons. The number of aliphatic hydroxyl groups excluding tert-OH is 1. The van der Waals surface area contributed by atoms with Crippen molar-refractivity contribution in [1.29, 1.82) is 0 Å². The number of benzene rings is 1. The Labute approximate surface area is 122 Å². The van der Waals surface area contributed by atoms with Gasteiger partial charge in [0.15, 0.2) is 0 Å². The number of amides is 1. The molecule has 0 saturated heterocycles. The molecule has 2 N–H and O–H groups in total. The maximum absolute atomic E-state index is 12.2. The standard InChI is InChI=1S/C16H15NO2S/c1-11-8-13(4-3-6-18)10-14(9-11)17-16(19)15-12(2)5-7-20-15/h5,7-10,18H,6H2,1-2H3,(H,17,19). The van der Waals surface area contributed by atoms with Gasteiger partial charge in [0.05, 0.1) is 4.88 Å². The molecule has 0 aliphatic carbocycles. The monoisotopic (exact) mass is 285 g/mol. The number of aryl methyl sites for hydroxylation is 2. The zero-order valence-corrected chi connectivity index (χ0v) is 12.2. The van der Waals surface area contributed by atoms with E-state index >= 15 is 0 Å². The summed E-state index contributed by atoms with van der Waals surface area (Å²) in [6.07, 6.45) is 0. The minimum Gasteiger partial charge on any atom is -0.384 e. The van der Waals surface area contributed by atoms with Crippen molar-refractivity contribution < 1.29 is 9.90 Å². The first kappa shape index (κ1) is 14.3. The zero-order chi connectivity index (χ0) is 14.5. The second-order valence-corrected chi connectivity index (χ2v) is 5.35. The number of nitrogens with one attached hydrogen (secondary N) is 1. The minimum atomic E-state index is -0.177. The van der Waals surface area contributed by atoms with E-state index in [-0.39, 0.29) is 12.5 Å². The molecule has 0 bridgehead atoms. The first-order chi connectivity index (χ1) is 9.60. The van der Waals surface area contributed by atoms with Gasteiger partial charge < -0.3 is 10.4 Å². The molecule has 0 fully saturated rings. The van der Waals surface area contributed by atoms with E-state index in [9.17, 15) is 4.79 Å². The highest BCUT2D eigenvalue weighted by atomic mass is 32.1. The number of rotatable bonds is 2. The van der Waals surface area contributed by atoms with Crippen molar-refractivity contribution in [3.8, 4) is 11.8 Å². The van der Waals surface area contributed by atoms with Gasteiger partial charge in [-0.25, -0.2) is 0 Å². The van der Waals surface area contributed by atoms with Crippen LogP contribution in [0.4, 0.5) is 5.69 Å². The molecule has 3 nitrogen and oxygen atoms in total. The van der Waals surface area contributed by atoms with E-state index in [0.29, 0.717) is 5.69 Å². The Morgan fingerprint density at radius 3 is 2.80 bits per heavy atom. The van der Waals surface area contributed by atoms with Crippen LogP contribution in [-0.4, -0.2) is 17.6 Å². The van der Waals surface area contributed by atoms with Gasteiger partial charge in [0.2, 0.25) is 0 Å². The van der Waals surface area contributed by atoms with Crippen LogP contribution in [0.25, 0.3) is 0 Å². The molecular formula is C16H15NO2S.